The van der Waals surface area contributed by atoms with Crippen LogP contribution in [0.5, 0.6) is 5.75 Å². The first-order chi connectivity index (χ1) is 13.5. The van der Waals surface area contributed by atoms with Crippen LogP contribution in [-0.2, 0) is 0 Å². The first-order valence-electron chi connectivity index (χ1n) is 8.29. The van der Waals surface area contributed by atoms with Crippen molar-refractivity contribution < 1.29 is 14.3 Å². The molecule has 0 saturated carbocycles. The molecule has 0 heterocycles. The van der Waals surface area contributed by atoms with Crippen molar-refractivity contribution in [3.05, 3.63) is 87.9 Å². The van der Waals surface area contributed by atoms with Crippen molar-refractivity contribution in [1.82, 2.24) is 0 Å². The molecule has 5 nitrogen and oxygen atoms in total. The van der Waals surface area contributed by atoms with E-state index in [1.54, 1.807) is 60.7 Å². The molecule has 0 aliphatic heterocycles. The number of carbonyl (C=O) groups excluding carboxylic acids is 2. The van der Waals surface area contributed by atoms with Crippen molar-refractivity contribution in [2.75, 3.05) is 17.7 Å². The van der Waals surface area contributed by atoms with Gasteiger partial charge in [-0.1, -0.05) is 41.4 Å². The Labute approximate surface area is 172 Å². The Bertz CT molecular complexity index is 1020. The summed E-state index contributed by atoms with van der Waals surface area (Å²) in [6.45, 7) is 0. The van der Waals surface area contributed by atoms with E-state index < -0.39 is 5.91 Å². The molecular formula is C21H16Cl2N2O3. The van der Waals surface area contributed by atoms with Gasteiger partial charge in [0.15, 0.2) is 0 Å². The number of halogens is 2. The summed E-state index contributed by atoms with van der Waals surface area (Å²) in [7, 11) is 1.54. The molecule has 0 unspecified atom stereocenters. The second-order valence-corrected chi connectivity index (χ2v) is 6.57. The van der Waals surface area contributed by atoms with Crippen molar-refractivity contribution in [2.45, 2.75) is 0 Å². The van der Waals surface area contributed by atoms with Crippen LogP contribution in [0, 0.1) is 0 Å². The first-order valence-corrected chi connectivity index (χ1v) is 9.05. The highest BCUT2D eigenvalue weighted by molar-refractivity contribution is 6.44. The van der Waals surface area contributed by atoms with Crippen LogP contribution in [0.3, 0.4) is 0 Å². The molecule has 0 saturated heterocycles. The molecule has 142 valence electrons. The number of benzene rings is 3. The summed E-state index contributed by atoms with van der Waals surface area (Å²) in [5.74, 6) is -0.114. The van der Waals surface area contributed by atoms with Crippen LogP contribution in [0.4, 0.5) is 11.4 Å². The zero-order valence-corrected chi connectivity index (χ0v) is 16.3. The van der Waals surface area contributed by atoms with Crippen molar-refractivity contribution in [2.24, 2.45) is 0 Å². The summed E-state index contributed by atoms with van der Waals surface area (Å²) in [5, 5.41) is 6.01. The fraction of sp³-hybridized carbons (Fsp3) is 0.0476. The highest BCUT2D eigenvalue weighted by Gasteiger charge is 2.14. The van der Waals surface area contributed by atoms with Gasteiger partial charge in [0.25, 0.3) is 11.8 Å². The number of anilines is 2. The van der Waals surface area contributed by atoms with Gasteiger partial charge in [-0.25, -0.2) is 0 Å². The number of rotatable bonds is 5. The van der Waals surface area contributed by atoms with Crippen molar-refractivity contribution in [3.63, 3.8) is 0 Å². The highest BCUT2D eigenvalue weighted by atomic mass is 35.5. The second-order valence-electron chi connectivity index (χ2n) is 5.79. The van der Waals surface area contributed by atoms with Crippen LogP contribution in [0.25, 0.3) is 0 Å². The predicted octanol–water partition coefficient (Wildman–Crippen LogP) is 5.51. The second kappa shape index (κ2) is 8.78. The molecule has 0 aliphatic carbocycles. The summed E-state index contributed by atoms with van der Waals surface area (Å²) in [5.41, 5.74) is 1.80. The third kappa shape index (κ3) is 4.44. The molecule has 3 aromatic rings. The summed E-state index contributed by atoms with van der Waals surface area (Å²) >= 11 is 12.0. The quantitative estimate of drug-likeness (QED) is 0.578. The Morgan fingerprint density at radius 3 is 2.25 bits per heavy atom. The largest absolute Gasteiger partial charge is 0.495 e. The van der Waals surface area contributed by atoms with Gasteiger partial charge in [0.1, 0.15) is 5.75 Å². The molecule has 0 fully saturated rings. The van der Waals surface area contributed by atoms with Crippen LogP contribution in [0.15, 0.2) is 66.7 Å². The van der Waals surface area contributed by atoms with Crippen molar-refractivity contribution >= 4 is 46.4 Å². The van der Waals surface area contributed by atoms with Crippen LogP contribution >= 0.6 is 23.2 Å². The number of para-hydroxylation sites is 2. The number of methoxy groups -OCH3 is 1. The van der Waals surface area contributed by atoms with Crippen LogP contribution < -0.4 is 15.4 Å². The molecule has 0 radical (unpaired) electrons. The molecule has 2 amide bonds. The summed E-state index contributed by atoms with van der Waals surface area (Å²) in [6.07, 6.45) is 0. The molecular weight excluding hydrogens is 399 g/mol. The molecule has 2 N–H and O–H groups in total. The normalized spacial score (nSPS) is 10.2. The third-order valence-corrected chi connectivity index (χ3v) is 4.78. The number of ether oxygens (including phenoxy) is 1. The SMILES string of the molecule is COc1ccccc1NC(=O)c1ccc(NC(=O)c2cccc(Cl)c2Cl)cc1. The Hall–Kier alpha value is -3.02. The molecule has 3 rings (SSSR count). The third-order valence-electron chi connectivity index (χ3n) is 3.96. The van der Waals surface area contributed by atoms with Gasteiger partial charge < -0.3 is 15.4 Å². The Morgan fingerprint density at radius 2 is 1.54 bits per heavy atom. The molecule has 0 atom stereocenters. The van der Waals surface area contributed by atoms with E-state index in [2.05, 4.69) is 10.6 Å². The predicted molar refractivity (Wildman–Crippen MR) is 112 cm³/mol. The average molecular weight is 415 g/mol. The number of nitrogens with one attached hydrogen (secondary N) is 2. The number of carbonyl (C=O) groups is 2. The highest BCUT2D eigenvalue weighted by Crippen LogP contribution is 2.26. The molecule has 0 aliphatic rings. The lowest BCUT2D eigenvalue weighted by Gasteiger charge is -2.11. The van der Waals surface area contributed by atoms with E-state index in [0.717, 1.165) is 0 Å². The van der Waals surface area contributed by atoms with Gasteiger partial charge in [-0.2, -0.15) is 0 Å². The van der Waals surface area contributed by atoms with Crippen LogP contribution in [-0.4, -0.2) is 18.9 Å². The monoisotopic (exact) mass is 414 g/mol. The maximum Gasteiger partial charge on any atom is 0.257 e. The zero-order valence-electron chi connectivity index (χ0n) is 14.8. The van der Waals surface area contributed by atoms with Gasteiger partial charge >= 0.3 is 0 Å². The maximum absolute atomic E-state index is 12.4. The molecule has 0 aromatic heterocycles. The van der Waals surface area contributed by atoms with Gasteiger partial charge in [-0.05, 0) is 48.5 Å². The number of hydrogen-bond donors (Lipinski definition) is 2. The van der Waals surface area contributed by atoms with Crippen molar-refractivity contribution in [3.8, 4) is 5.75 Å². The molecule has 0 bridgehead atoms. The topological polar surface area (TPSA) is 67.4 Å². The first kappa shape index (κ1) is 19.7. The lowest BCUT2D eigenvalue weighted by atomic mass is 10.1. The fourth-order valence-corrected chi connectivity index (χ4v) is 2.91. The standard InChI is InChI=1S/C21H16Cl2N2O3/c1-28-18-8-3-2-7-17(18)25-20(26)13-9-11-14(12-10-13)24-21(27)15-5-4-6-16(22)19(15)23/h2-12H,1H3,(H,24,27)(H,25,26). The lowest BCUT2D eigenvalue weighted by Crippen LogP contribution is -2.14. The zero-order chi connectivity index (χ0) is 20.1. The van der Waals surface area contributed by atoms with E-state index in [1.165, 1.54) is 7.11 Å². The minimum absolute atomic E-state index is 0.189. The smallest absolute Gasteiger partial charge is 0.257 e. The van der Waals surface area contributed by atoms with E-state index in [1.807, 2.05) is 6.07 Å². The van der Waals surface area contributed by atoms with E-state index in [9.17, 15) is 9.59 Å². The van der Waals surface area contributed by atoms with Gasteiger partial charge in [0.05, 0.1) is 28.4 Å². The average Bonchev–Trinajstić information content (AvgIpc) is 2.71. The van der Waals surface area contributed by atoms with E-state index in [4.69, 9.17) is 27.9 Å². The molecule has 7 heteroatoms. The van der Waals surface area contributed by atoms with Crippen molar-refractivity contribution in [1.29, 1.82) is 0 Å². The van der Waals surface area contributed by atoms with Crippen LogP contribution in [0.1, 0.15) is 20.7 Å². The lowest BCUT2D eigenvalue weighted by molar-refractivity contribution is 0.101. The van der Waals surface area contributed by atoms with Gasteiger partial charge in [0, 0.05) is 11.3 Å². The maximum atomic E-state index is 12.4. The summed E-state index contributed by atoms with van der Waals surface area (Å²) in [6, 6.07) is 18.5. The van der Waals surface area contributed by atoms with E-state index in [-0.39, 0.29) is 16.5 Å². The van der Waals surface area contributed by atoms with Gasteiger partial charge in [-0.3, -0.25) is 9.59 Å². The number of hydrogen-bond acceptors (Lipinski definition) is 3. The fourth-order valence-electron chi connectivity index (χ4n) is 2.52. The summed E-state index contributed by atoms with van der Waals surface area (Å²) in [4.78, 5) is 24.8. The van der Waals surface area contributed by atoms with Gasteiger partial charge in [-0.15, -0.1) is 0 Å². The van der Waals surface area contributed by atoms with Crippen LogP contribution in [0.2, 0.25) is 10.0 Å². The minimum atomic E-state index is -0.390. The van der Waals surface area contributed by atoms with E-state index in [0.29, 0.717) is 27.7 Å². The Morgan fingerprint density at radius 1 is 0.821 bits per heavy atom. The molecule has 3 aromatic carbocycles. The number of amides is 2. The van der Waals surface area contributed by atoms with E-state index >= 15 is 0 Å². The Balaban J connectivity index is 1.70. The molecule has 0 spiro atoms. The summed E-state index contributed by atoms with van der Waals surface area (Å²) < 4.78 is 5.22. The van der Waals surface area contributed by atoms with Gasteiger partial charge in [0.2, 0.25) is 0 Å². The Kier molecular flexibility index (Phi) is 6.19. The molecule has 28 heavy (non-hydrogen) atoms. The minimum Gasteiger partial charge on any atom is -0.495 e.